The minimum atomic E-state index is -0.246. The van der Waals surface area contributed by atoms with Crippen molar-refractivity contribution in [1.82, 2.24) is 16.0 Å². The zero-order chi connectivity index (χ0) is 17.8. The number of carbonyl (C=O) groups is 1. The molecule has 1 aromatic carbocycles. The number of nitrogens with one attached hydrogen (secondary N) is 3. The van der Waals surface area contributed by atoms with Gasteiger partial charge in [-0.1, -0.05) is 30.3 Å². The first-order chi connectivity index (χ1) is 11.4. The van der Waals surface area contributed by atoms with E-state index >= 15 is 0 Å². The second-order valence-corrected chi connectivity index (χ2v) is 6.46. The van der Waals surface area contributed by atoms with Gasteiger partial charge in [-0.2, -0.15) is 0 Å². The van der Waals surface area contributed by atoms with Crippen molar-refractivity contribution in [3.05, 3.63) is 35.9 Å². The Morgan fingerprint density at radius 1 is 1.17 bits per heavy atom. The summed E-state index contributed by atoms with van der Waals surface area (Å²) in [4.78, 5) is 16.1. The molecule has 0 fully saturated rings. The number of benzene rings is 1. The average molecular weight is 334 g/mol. The van der Waals surface area contributed by atoms with Crippen LogP contribution >= 0.6 is 0 Å². The van der Waals surface area contributed by atoms with Crippen LogP contribution in [0.4, 0.5) is 0 Å². The van der Waals surface area contributed by atoms with Crippen molar-refractivity contribution in [3.63, 3.8) is 0 Å². The number of nitrogens with zero attached hydrogens (tertiary/aromatic N) is 1. The van der Waals surface area contributed by atoms with Crippen molar-refractivity contribution in [3.8, 4) is 0 Å². The summed E-state index contributed by atoms with van der Waals surface area (Å²) in [7, 11) is 0. The van der Waals surface area contributed by atoms with Crippen molar-refractivity contribution >= 4 is 11.9 Å². The monoisotopic (exact) mass is 334 g/mol. The number of hydrogen-bond acceptors (Lipinski definition) is 3. The first-order valence-electron chi connectivity index (χ1n) is 8.35. The van der Waals surface area contributed by atoms with Crippen LogP contribution in [0.3, 0.4) is 0 Å². The van der Waals surface area contributed by atoms with E-state index in [1.807, 2.05) is 58.0 Å². The fraction of sp³-hybridized carbons (Fsp3) is 0.556. The average Bonchev–Trinajstić information content (AvgIpc) is 2.51. The molecule has 0 unspecified atom stereocenters. The topological polar surface area (TPSA) is 74.8 Å². The summed E-state index contributed by atoms with van der Waals surface area (Å²) in [6.45, 7) is 10.4. The van der Waals surface area contributed by atoms with E-state index in [9.17, 15) is 4.79 Å². The first-order valence-corrected chi connectivity index (χ1v) is 8.35. The molecule has 1 rings (SSSR count). The van der Waals surface area contributed by atoms with Crippen LogP contribution < -0.4 is 16.0 Å². The Balaban J connectivity index is 2.29. The fourth-order valence-electron chi connectivity index (χ4n) is 1.96. The first kappa shape index (κ1) is 20.0. The van der Waals surface area contributed by atoms with Crippen LogP contribution in [0.25, 0.3) is 0 Å². The quantitative estimate of drug-likeness (QED) is 0.384. The van der Waals surface area contributed by atoms with Gasteiger partial charge in [-0.25, -0.2) is 4.99 Å². The number of aliphatic imine (C=N–C) groups is 1. The van der Waals surface area contributed by atoms with Crippen LogP contribution in [0.2, 0.25) is 0 Å². The summed E-state index contributed by atoms with van der Waals surface area (Å²) < 4.78 is 5.62. The smallest absolute Gasteiger partial charge is 0.242 e. The van der Waals surface area contributed by atoms with Crippen LogP contribution in [0.5, 0.6) is 0 Å². The number of rotatable bonds is 8. The lowest BCUT2D eigenvalue weighted by Crippen LogP contribution is -2.43. The number of amides is 1. The second kappa shape index (κ2) is 10.6. The third kappa shape index (κ3) is 9.84. The van der Waals surface area contributed by atoms with Gasteiger partial charge < -0.3 is 20.7 Å². The van der Waals surface area contributed by atoms with E-state index in [1.165, 1.54) is 0 Å². The van der Waals surface area contributed by atoms with E-state index in [0.29, 0.717) is 25.7 Å². The maximum absolute atomic E-state index is 11.8. The summed E-state index contributed by atoms with van der Waals surface area (Å²) >= 11 is 0. The summed E-state index contributed by atoms with van der Waals surface area (Å²) in [5.74, 6) is 0.518. The molecule has 0 radical (unpaired) electrons. The fourth-order valence-corrected chi connectivity index (χ4v) is 1.96. The second-order valence-electron chi connectivity index (χ2n) is 6.46. The number of ether oxygens (including phenoxy) is 1. The Bertz CT molecular complexity index is 510. The normalized spacial score (nSPS) is 11.9. The number of hydrogen-bond donors (Lipinski definition) is 3. The molecule has 0 saturated carbocycles. The number of guanidine groups is 1. The van der Waals surface area contributed by atoms with Gasteiger partial charge in [0.15, 0.2) is 5.96 Å². The van der Waals surface area contributed by atoms with E-state index in [4.69, 9.17) is 4.74 Å². The Hall–Kier alpha value is -2.08. The zero-order valence-corrected chi connectivity index (χ0v) is 15.2. The maximum atomic E-state index is 11.8. The molecule has 0 aliphatic heterocycles. The molecular formula is C18H30N4O2. The number of carbonyl (C=O) groups excluding carboxylic acids is 1. The molecule has 134 valence electrons. The molecule has 0 aliphatic carbocycles. The minimum absolute atomic E-state index is 0.0947. The molecule has 1 aromatic rings. The van der Waals surface area contributed by atoms with Crippen molar-refractivity contribution < 1.29 is 9.53 Å². The van der Waals surface area contributed by atoms with Crippen LogP contribution in [0.15, 0.2) is 35.3 Å². The predicted molar refractivity (Wildman–Crippen MR) is 98.0 cm³/mol. The van der Waals surface area contributed by atoms with Gasteiger partial charge in [0.1, 0.15) is 6.54 Å². The Kier molecular flexibility index (Phi) is 8.86. The molecule has 0 bridgehead atoms. The van der Waals surface area contributed by atoms with Crippen LogP contribution in [0, 0.1) is 0 Å². The molecule has 1 amide bonds. The molecule has 0 aliphatic rings. The van der Waals surface area contributed by atoms with Crippen molar-refractivity contribution in [2.45, 2.75) is 39.8 Å². The molecule has 6 heteroatoms. The molecule has 0 heterocycles. The summed E-state index contributed by atoms with van der Waals surface area (Å²) in [6.07, 6.45) is 0. The van der Waals surface area contributed by atoms with Crippen LogP contribution in [-0.2, 0) is 16.1 Å². The van der Waals surface area contributed by atoms with Crippen LogP contribution in [-0.4, -0.2) is 43.6 Å². The third-order valence-electron chi connectivity index (χ3n) is 2.89. The lowest BCUT2D eigenvalue weighted by atomic mass is 10.1. The predicted octanol–water partition coefficient (Wildman–Crippen LogP) is 1.67. The molecule has 0 saturated heterocycles. The summed E-state index contributed by atoms with van der Waals surface area (Å²) in [5, 5.41) is 9.16. The standard InChI is InChI=1S/C18H30N4O2/c1-5-19-17(21-13-16(23)22-18(2,3)4)20-11-12-24-14-15-9-7-6-8-10-15/h6-10H,5,11-14H2,1-4H3,(H,22,23)(H2,19,20,21). The molecule has 0 atom stereocenters. The van der Waals surface area contributed by atoms with Crippen molar-refractivity contribution in [2.24, 2.45) is 4.99 Å². The highest BCUT2D eigenvalue weighted by molar-refractivity contribution is 5.85. The largest absolute Gasteiger partial charge is 0.375 e. The van der Waals surface area contributed by atoms with Gasteiger partial charge in [-0.15, -0.1) is 0 Å². The summed E-state index contributed by atoms with van der Waals surface area (Å²) in [6, 6.07) is 10.0. The zero-order valence-electron chi connectivity index (χ0n) is 15.2. The minimum Gasteiger partial charge on any atom is -0.375 e. The van der Waals surface area contributed by atoms with E-state index < -0.39 is 0 Å². The van der Waals surface area contributed by atoms with Gasteiger partial charge in [-0.05, 0) is 33.3 Å². The maximum Gasteiger partial charge on any atom is 0.242 e. The molecular weight excluding hydrogens is 304 g/mol. The van der Waals surface area contributed by atoms with E-state index in [2.05, 4.69) is 20.9 Å². The SMILES string of the molecule is CCNC(=NCC(=O)NC(C)(C)C)NCCOCc1ccccc1. The molecule has 6 nitrogen and oxygen atoms in total. The highest BCUT2D eigenvalue weighted by Crippen LogP contribution is 1.99. The molecule has 0 spiro atoms. The lowest BCUT2D eigenvalue weighted by molar-refractivity contribution is -0.121. The highest BCUT2D eigenvalue weighted by Gasteiger charge is 2.13. The molecule has 3 N–H and O–H groups in total. The lowest BCUT2D eigenvalue weighted by Gasteiger charge is -2.20. The highest BCUT2D eigenvalue weighted by atomic mass is 16.5. The molecule has 24 heavy (non-hydrogen) atoms. The van der Waals surface area contributed by atoms with Gasteiger partial charge in [0.05, 0.1) is 13.2 Å². The van der Waals surface area contributed by atoms with Crippen molar-refractivity contribution in [2.75, 3.05) is 26.2 Å². The van der Waals surface area contributed by atoms with Gasteiger partial charge in [0.2, 0.25) is 5.91 Å². The van der Waals surface area contributed by atoms with E-state index in [0.717, 1.165) is 12.1 Å². The van der Waals surface area contributed by atoms with E-state index in [-0.39, 0.29) is 18.0 Å². The Labute approximate surface area is 145 Å². The van der Waals surface area contributed by atoms with Crippen LogP contribution in [0.1, 0.15) is 33.3 Å². The third-order valence-corrected chi connectivity index (χ3v) is 2.89. The van der Waals surface area contributed by atoms with Crippen molar-refractivity contribution in [1.29, 1.82) is 0 Å². The van der Waals surface area contributed by atoms with Gasteiger partial charge in [-0.3, -0.25) is 4.79 Å². The van der Waals surface area contributed by atoms with E-state index in [1.54, 1.807) is 0 Å². The van der Waals surface area contributed by atoms with Gasteiger partial charge >= 0.3 is 0 Å². The summed E-state index contributed by atoms with van der Waals surface area (Å²) in [5.41, 5.74) is 0.904. The molecule has 0 aromatic heterocycles. The Morgan fingerprint density at radius 2 is 1.88 bits per heavy atom. The van der Waals surface area contributed by atoms with Gasteiger partial charge in [0.25, 0.3) is 0 Å². The Morgan fingerprint density at radius 3 is 2.50 bits per heavy atom. The van der Waals surface area contributed by atoms with Gasteiger partial charge in [0, 0.05) is 18.6 Å².